The molecular formula is C16H34N2. The van der Waals surface area contributed by atoms with Crippen molar-refractivity contribution in [2.75, 3.05) is 19.6 Å². The van der Waals surface area contributed by atoms with E-state index in [0.717, 1.165) is 12.5 Å². The summed E-state index contributed by atoms with van der Waals surface area (Å²) in [4.78, 5) is 2.69. The van der Waals surface area contributed by atoms with E-state index in [2.05, 4.69) is 25.7 Å². The maximum atomic E-state index is 6.10. The van der Waals surface area contributed by atoms with Crippen molar-refractivity contribution >= 4 is 0 Å². The fourth-order valence-electron chi connectivity index (χ4n) is 3.26. The van der Waals surface area contributed by atoms with E-state index in [1.165, 1.54) is 64.5 Å². The summed E-state index contributed by atoms with van der Waals surface area (Å²) < 4.78 is 0. The fraction of sp³-hybridized carbons (Fsp3) is 1.00. The van der Waals surface area contributed by atoms with Crippen molar-refractivity contribution in [3.63, 3.8) is 0 Å². The molecule has 0 aliphatic carbocycles. The Bertz CT molecular complexity index is 217. The summed E-state index contributed by atoms with van der Waals surface area (Å²) in [6.45, 7) is 10.3. The van der Waals surface area contributed by atoms with Gasteiger partial charge < -0.3 is 5.73 Å². The van der Waals surface area contributed by atoms with Gasteiger partial charge in [0.15, 0.2) is 0 Å². The second kappa shape index (κ2) is 8.16. The lowest BCUT2D eigenvalue weighted by Crippen LogP contribution is -2.52. The molecule has 2 heteroatoms. The fourth-order valence-corrected chi connectivity index (χ4v) is 3.26. The van der Waals surface area contributed by atoms with Crippen LogP contribution in [0.15, 0.2) is 0 Å². The zero-order chi connectivity index (χ0) is 13.4. The third-order valence-corrected chi connectivity index (χ3v) is 4.95. The highest BCUT2D eigenvalue weighted by atomic mass is 15.2. The molecule has 2 unspecified atom stereocenters. The monoisotopic (exact) mass is 254 g/mol. The van der Waals surface area contributed by atoms with Crippen molar-refractivity contribution < 1.29 is 0 Å². The third-order valence-electron chi connectivity index (χ3n) is 4.95. The Kier molecular flexibility index (Phi) is 7.25. The predicted octanol–water partition coefficient (Wildman–Crippen LogP) is 3.80. The zero-order valence-electron chi connectivity index (χ0n) is 12.9. The van der Waals surface area contributed by atoms with Gasteiger partial charge in [-0.15, -0.1) is 0 Å². The number of unbranched alkanes of at least 4 members (excludes halogenated alkanes) is 2. The molecule has 0 radical (unpaired) electrons. The molecule has 2 N–H and O–H groups in total. The first-order valence-electron chi connectivity index (χ1n) is 8.11. The van der Waals surface area contributed by atoms with Gasteiger partial charge in [-0.3, -0.25) is 4.90 Å². The molecule has 0 aromatic rings. The maximum absolute atomic E-state index is 6.10. The molecule has 0 amide bonds. The first kappa shape index (κ1) is 16.0. The lowest BCUT2D eigenvalue weighted by Gasteiger charge is -2.40. The quantitative estimate of drug-likeness (QED) is 0.700. The zero-order valence-corrected chi connectivity index (χ0v) is 12.9. The lowest BCUT2D eigenvalue weighted by atomic mass is 9.91. The second-order valence-corrected chi connectivity index (χ2v) is 6.35. The van der Waals surface area contributed by atoms with Gasteiger partial charge in [-0.1, -0.05) is 39.5 Å². The number of rotatable bonds is 7. The van der Waals surface area contributed by atoms with Gasteiger partial charge in [0.05, 0.1) is 0 Å². The standard InChI is InChI=1S/C16H34N2/c1-4-6-7-11-16(3,14-17)18-12-8-9-15(5-2)10-13-18/h15H,4-14,17H2,1-3H3. The number of nitrogens with two attached hydrogens (primary N) is 1. The molecule has 1 heterocycles. The summed E-state index contributed by atoms with van der Waals surface area (Å²) in [7, 11) is 0. The topological polar surface area (TPSA) is 29.3 Å². The van der Waals surface area contributed by atoms with E-state index < -0.39 is 0 Å². The molecular weight excluding hydrogens is 220 g/mol. The van der Waals surface area contributed by atoms with Gasteiger partial charge in [0.25, 0.3) is 0 Å². The van der Waals surface area contributed by atoms with E-state index >= 15 is 0 Å². The van der Waals surface area contributed by atoms with E-state index in [1.807, 2.05) is 0 Å². The van der Waals surface area contributed by atoms with Crippen molar-refractivity contribution in [2.24, 2.45) is 11.7 Å². The Morgan fingerprint density at radius 3 is 2.56 bits per heavy atom. The van der Waals surface area contributed by atoms with Crippen molar-refractivity contribution in [3.05, 3.63) is 0 Å². The Morgan fingerprint density at radius 1 is 1.17 bits per heavy atom. The van der Waals surface area contributed by atoms with Crippen LogP contribution in [-0.2, 0) is 0 Å². The van der Waals surface area contributed by atoms with Crippen LogP contribution in [0.4, 0.5) is 0 Å². The Hall–Kier alpha value is -0.0800. The van der Waals surface area contributed by atoms with Crippen molar-refractivity contribution in [3.8, 4) is 0 Å². The van der Waals surface area contributed by atoms with Crippen LogP contribution in [-0.4, -0.2) is 30.1 Å². The van der Waals surface area contributed by atoms with Crippen LogP contribution in [0.2, 0.25) is 0 Å². The van der Waals surface area contributed by atoms with Gasteiger partial charge in [0, 0.05) is 12.1 Å². The predicted molar refractivity (Wildman–Crippen MR) is 80.8 cm³/mol. The van der Waals surface area contributed by atoms with Gasteiger partial charge in [-0.2, -0.15) is 0 Å². The number of hydrogen-bond acceptors (Lipinski definition) is 2. The minimum Gasteiger partial charge on any atom is -0.329 e. The minimum absolute atomic E-state index is 0.248. The Labute approximate surface area is 114 Å². The van der Waals surface area contributed by atoms with Crippen molar-refractivity contribution in [1.82, 2.24) is 4.90 Å². The summed E-state index contributed by atoms with van der Waals surface area (Å²) in [5, 5.41) is 0. The van der Waals surface area contributed by atoms with Crippen LogP contribution in [0.5, 0.6) is 0 Å². The van der Waals surface area contributed by atoms with E-state index in [9.17, 15) is 0 Å². The molecule has 0 aromatic heterocycles. The highest BCUT2D eigenvalue weighted by Crippen LogP contribution is 2.28. The smallest absolute Gasteiger partial charge is 0.0303 e. The average molecular weight is 254 g/mol. The molecule has 0 bridgehead atoms. The first-order chi connectivity index (χ1) is 8.66. The van der Waals surface area contributed by atoms with Gasteiger partial charge in [0.2, 0.25) is 0 Å². The van der Waals surface area contributed by atoms with Gasteiger partial charge in [-0.25, -0.2) is 0 Å². The lowest BCUT2D eigenvalue weighted by molar-refractivity contribution is 0.101. The molecule has 1 fully saturated rings. The number of likely N-dealkylation sites (tertiary alicyclic amines) is 1. The van der Waals surface area contributed by atoms with E-state index in [1.54, 1.807) is 0 Å². The van der Waals surface area contributed by atoms with Crippen LogP contribution < -0.4 is 5.73 Å². The van der Waals surface area contributed by atoms with Crippen LogP contribution in [0, 0.1) is 5.92 Å². The summed E-state index contributed by atoms with van der Waals surface area (Å²) in [6.07, 6.45) is 10.8. The summed E-state index contributed by atoms with van der Waals surface area (Å²) in [5.74, 6) is 0.952. The highest BCUT2D eigenvalue weighted by Gasteiger charge is 2.31. The Morgan fingerprint density at radius 2 is 1.94 bits per heavy atom. The summed E-state index contributed by atoms with van der Waals surface area (Å²) in [6, 6.07) is 0. The van der Waals surface area contributed by atoms with Crippen LogP contribution in [0.1, 0.15) is 72.1 Å². The molecule has 1 saturated heterocycles. The van der Waals surface area contributed by atoms with E-state index in [0.29, 0.717) is 0 Å². The maximum Gasteiger partial charge on any atom is 0.0303 e. The SMILES string of the molecule is CCCCCC(C)(CN)N1CCCC(CC)CC1. The molecule has 18 heavy (non-hydrogen) atoms. The van der Waals surface area contributed by atoms with E-state index in [-0.39, 0.29) is 5.54 Å². The molecule has 1 aliphatic heterocycles. The normalized spacial score (nSPS) is 25.7. The first-order valence-corrected chi connectivity index (χ1v) is 8.11. The Balaban J connectivity index is 2.51. The van der Waals surface area contributed by atoms with Crippen LogP contribution in [0.25, 0.3) is 0 Å². The average Bonchev–Trinajstić information content (AvgIpc) is 2.64. The molecule has 1 rings (SSSR count). The molecule has 2 atom stereocenters. The largest absolute Gasteiger partial charge is 0.329 e. The van der Waals surface area contributed by atoms with Gasteiger partial charge in [-0.05, 0) is 51.6 Å². The summed E-state index contributed by atoms with van der Waals surface area (Å²) >= 11 is 0. The van der Waals surface area contributed by atoms with Gasteiger partial charge >= 0.3 is 0 Å². The van der Waals surface area contributed by atoms with Gasteiger partial charge in [0.1, 0.15) is 0 Å². The number of hydrogen-bond donors (Lipinski definition) is 1. The molecule has 2 nitrogen and oxygen atoms in total. The minimum atomic E-state index is 0.248. The van der Waals surface area contributed by atoms with E-state index in [4.69, 9.17) is 5.73 Å². The van der Waals surface area contributed by atoms with Crippen molar-refractivity contribution in [2.45, 2.75) is 77.7 Å². The molecule has 0 aromatic carbocycles. The third kappa shape index (κ3) is 4.55. The van der Waals surface area contributed by atoms with Crippen LogP contribution in [0.3, 0.4) is 0 Å². The molecule has 0 saturated carbocycles. The molecule has 1 aliphatic rings. The highest BCUT2D eigenvalue weighted by molar-refractivity contribution is 4.89. The second-order valence-electron chi connectivity index (χ2n) is 6.35. The van der Waals surface area contributed by atoms with Crippen molar-refractivity contribution in [1.29, 1.82) is 0 Å². The molecule has 0 spiro atoms. The van der Waals surface area contributed by atoms with Crippen LogP contribution >= 0.6 is 0 Å². The summed E-state index contributed by atoms with van der Waals surface area (Å²) in [5.41, 5.74) is 6.34. The molecule has 108 valence electrons. The number of nitrogens with zero attached hydrogens (tertiary/aromatic N) is 1.